The molecule has 1 atom stereocenters. The number of methoxy groups -OCH3 is 1. The van der Waals surface area contributed by atoms with Gasteiger partial charge >= 0.3 is 0 Å². The van der Waals surface area contributed by atoms with Crippen LogP contribution in [0, 0.1) is 5.92 Å². The van der Waals surface area contributed by atoms with Crippen molar-refractivity contribution in [1.29, 1.82) is 0 Å². The lowest BCUT2D eigenvalue weighted by Gasteiger charge is -2.29. The molecule has 0 radical (unpaired) electrons. The number of hydrogen-bond acceptors (Lipinski definition) is 4. The molecule has 0 aliphatic carbocycles. The number of halogens is 2. The summed E-state index contributed by atoms with van der Waals surface area (Å²) in [6, 6.07) is 11.7. The molecule has 33 heavy (non-hydrogen) atoms. The van der Waals surface area contributed by atoms with Crippen molar-refractivity contribution in [2.75, 3.05) is 20.3 Å². The predicted molar refractivity (Wildman–Crippen MR) is 132 cm³/mol. The van der Waals surface area contributed by atoms with Crippen LogP contribution in [0.3, 0.4) is 0 Å². The number of amides is 2. The highest BCUT2D eigenvalue weighted by Gasteiger charge is 2.26. The van der Waals surface area contributed by atoms with E-state index in [2.05, 4.69) is 5.32 Å². The molecule has 0 heterocycles. The Morgan fingerprint density at radius 1 is 1.03 bits per heavy atom. The van der Waals surface area contributed by atoms with Gasteiger partial charge in [0.15, 0.2) is 0 Å². The third-order valence-electron chi connectivity index (χ3n) is 5.07. The van der Waals surface area contributed by atoms with E-state index in [0.29, 0.717) is 41.3 Å². The third kappa shape index (κ3) is 8.78. The molecule has 0 aliphatic rings. The van der Waals surface area contributed by atoms with Gasteiger partial charge in [0, 0.05) is 29.6 Å². The average Bonchev–Trinajstić information content (AvgIpc) is 2.79. The second kappa shape index (κ2) is 13.3. The first-order chi connectivity index (χ1) is 15.7. The Morgan fingerprint density at radius 2 is 1.70 bits per heavy atom. The summed E-state index contributed by atoms with van der Waals surface area (Å²) in [5, 5.41) is 3.87. The lowest BCUT2D eigenvalue weighted by molar-refractivity contribution is -0.140. The maximum absolute atomic E-state index is 13.1. The summed E-state index contributed by atoms with van der Waals surface area (Å²) >= 11 is 12.3. The number of ether oxygens (including phenoxy) is 2. The minimum Gasteiger partial charge on any atom is -0.497 e. The van der Waals surface area contributed by atoms with E-state index in [1.807, 2.05) is 38.1 Å². The van der Waals surface area contributed by atoms with Gasteiger partial charge in [-0.1, -0.05) is 43.1 Å². The Hall–Kier alpha value is -2.44. The lowest BCUT2D eigenvalue weighted by Crippen LogP contribution is -2.48. The summed E-state index contributed by atoms with van der Waals surface area (Å²) in [6.45, 7) is 6.90. The zero-order valence-electron chi connectivity index (χ0n) is 19.6. The SMILES string of the molecule is COc1ccc(OCCCC(=O)N(Cc2ccc(Cl)cc2Cl)[C@H](C)C(=O)NCC(C)C)cc1. The minimum atomic E-state index is -0.648. The molecule has 0 spiro atoms. The Bertz CT molecular complexity index is 919. The normalized spacial score (nSPS) is 11.7. The largest absolute Gasteiger partial charge is 0.497 e. The van der Waals surface area contributed by atoms with E-state index < -0.39 is 6.04 Å². The topological polar surface area (TPSA) is 67.9 Å². The van der Waals surface area contributed by atoms with Crippen LogP contribution in [0.1, 0.15) is 39.2 Å². The fourth-order valence-corrected chi connectivity index (χ4v) is 3.57. The van der Waals surface area contributed by atoms with E-state index in [1.54, 1.807) is 37.1 Å². The molecule has 1 N–H and O–H groups in total. The molecule has 6 nitrogen and oxygen atoms in total. The van der Waals surface area contributed by atoms with Crippen molar-refractivity contribution in [3.63, 3.8) is 0 Å². The van der Waals surface area contributed by atoms with Gasteiger partial charge in [0.25, 0.3) is 0 Å². The van der Waals surface area contributed by atoms with Crippen molar-refractivity contribution in [3.8, 4) is 11.5 Å². The quantitative estimate of drug-likeness (QED) is 0.403. The van der Waals surface area contributed by atoms with Gasteiger partial charge in [-0.2, -0.15) is 0 Å². The highest BCUT2D eigenvalue weighted by atomic mass is 35.5. The number of nitrogens with one attached hydrogen (secondary N) is 1. The average molecular weight is 495 g/mol. The zero-order valence-corrected chi connectivity index (χ0v) is 21.1. The molecule has 2 aromatic carbocycles. The van der Waals surface area contributed by atoms with Crippen LogP contribution in [-0.4, -0.2) is 43.0 Å². The van der Waals surface area contributed by atoms with Crippen LogP contribution in [0.4, 0.5) is 0 Å². The Morgan fingerprint density at radius 3 is 2.30 bits per heavy atom. The molecule has 0 unspecified atom stereocenters. The van der Waals surface area contributed by atoms with E-state index in [0.717, 1.165) is 11.3 Å². The smallest absolute Gasteiger partial charge is 0.242 e. The van der Waals surface area contributed by atoms with Crippen LogP contribution >= 0.6 is 23.2 Å². The van der Waals surface area contributed by atoms with Crippen LogP contribution in [0.2, 0.25) is 10.0 Å². The maximum Gasteiger partial charge on any atom is 0.242 e. The highest BCUT2D eigenvalue weighted by Crippen LogP contribution is 2.24. The minimum absolute atomic E-state index is 0.147. The maximum atomic E-state index is 13.1. The Kier molecular flexibility index (Phi) is 10.8. The van der Waals surface area contributed by atoms with Crippen LogP contribution in [-0.2, 0) is 16.1 Å². The molecule has 2 amide bonds. The van der Waals surface area contributed by atoms with E-state index in [4.69, 9.17) is 32.7 Å². The number of nitrogens with zero attached hydrogens (tertiary/aromatic N) is 1. The van der Waals surface area contributed by atoms with E-state index in [9.17, 15) is 9.59 Å². The van der Waals surface area contributed by atoms with E-state index in [-0.39, 0.29) is 24.8 Å². The highest BCUT2D eigenvalue weighted by molar-refractivity contribution is 6.35. The molecular weight excluding hydrogens is 463 g/mol. The third-order valence-corrected chi connectivity index (χ3v) is 5.66. The molecular formula is C25H32Cl2N2O4. The summed E-state index contributed by atoms with van der Waals surface area (Å²) in [7, 11) is 1.61. The summed E-state index contributed by atoms with van der Waals surface area (Å²) in [4.78, 5) is 27.4. The fraction of sp³-hybridized carbons (Fsp3) is 0.440. The molecule has 0 saturated carbocycles. The van der Waals surface area contributed by atoms with Gasteiger partial charge in [-0.15, -0.1) is 0 Å². The molecule has 2 aromatic rings. The van der Waals surface area contributed by atoms with Crippen LogP contribution in [0.5, 0.6) is 11.5 Å². The summed E-state index contributed by atoms with van der Waals surface area (Å²) in [5.74, 6) is 1.42. The number of rotatable bonds is 12. The molecule has 0 aliphatic heterocycles. The molecule has 0 bridgehead atoms. The van der Waals surface area contributed by atoms with Gasteiger partial charge in [0.05, 0.1) is 13.7 Å². The Labute approximate surface area is 206 Å². The standard InChI is InChI=1S/C25H32Cl2N2O4/c1-17(2)15-28-25(31)18(3)29(16-19-7-8-20(26)14-23(19)27)24(30)6-5-13-33-22-11-9-21(32-4)10-12-22/h7-12,14,17-18H,5-6,13,15-16H2,1-4H3,(H,28,31)/t18-/m1/s1. The number of hydrogen-bond donors (Lipinski definition) is 1. The molecule has 0 saturated heterocycles. The van der Waals surface area contributed by atoms with Crippen molar-refractivity contribution >= 4 is 35.0 Å². The van der Waals surface area contributed by atoms with Gasteiger partial charge < -0.3 is 19.7 Å². The van der Waals surface area contributed by atoms with E-state index >= 15 is 0 Å². The predicted octanol–water partition coefficient (Wildman–Crippen LogP) is 5.35. The monoisotopic (exact) mass is 494 g/mol. The zero-order chi connectivity index (χ0) is 24.4. The Balaban J connectivity index is 2.02. The number of carbonyl (C=O) groups excluding carboxylic acids is 2. The molecule has 8 heteroatoms. The second-order valence-corrected chi connectivity index (χ2v) is 9.04. The fourth-order valence-electron chi connectivity index (χ4n) is 3.10. The van der Waals surface area contributed by atoms with Crippen molar-refractivity contribution in [2.45, 2.75) is 46.2 Å². The first kappa shape index (κ1) is 26.8. The van der Waals surface area contributed by atoms with Gasteiger partial charge in [0.2, 0.25) is 11.8 Å². The van der Waals surface area contributed by atoms with Crippen molar-refractivity contribution < 1.29 is 19.1 Å². The van der Waals surface area contributed by atoms with Gasteiger partial charge in [-0.25, -0.2) is 0 Å². The summed E-state index contributed by atoms with van der Waals surface area (Å²) in [5.41, 5.74) is 0.729. The first-order valence-electron chi connectivity index (χ1n) is 11.0. The summed E-state index contributed by atoms with van der Waals surface area (Å²) in [6.07, 6.45) is 0.749. The van der Waals surface area contributed by atoms with Gasteiger partial charge in [-0.05, 0) is 61.2 Å². The molecule has 180 valence electrons. The first-order valence-corrected chi connectivity index (χ1v) is 11.7. The van der Waals surface area contributed by atoms with Crippen LogP contribution < -0.4 is 14.8 Å². The number of carbonyl (C=O) groups is 2. The molecule has 0 aromatic heterocycles. The van der Waals surface area contributed by atoms with Crippen molar-refractivity contribution in [3.05, 3.63) is 58.1 Å². The van der Waals surface area contributed by atoms with Crippen LogP contribution in [0.15, 0.2) is 42.5 Å². The van der Waals surface area contributed by atoms with E-state index in [1.165, 1.54) is 0 Å². The number of benzene rings is 2. The van der Waals surface area contributed by atoms with Crippen LogP contribution in [0.25, 0.3) is 0 Å². The lowest BCUT2D eigenvalue weighted by atomic mass is 10.1. The molecule has 0 fully saturated rings. The summed E-state index contributed by atoms with van der Waals surface area (Å²) < 4.78 is 10.9. The van der Waals surface area contributed by atoms with Crippen molar-refractivity contribution in [2.24, 2.45) is 5.92 Å². The van der Waals surface area contributed by atoms with Gasteiger partial charge in [0.1, 0.15) is 17.5 Å². The molecule has 2 rings (SSSR count). The van der Waals surface area contributed by atoms with Crippen molar-refractivity contribution in [1.82, 2.24) is 10.2 Å². The second-order valence-electron chi connectivity index (χ2n) is 8.20. The van der Waals surface area contributed by atoms with Gasteiger partial charge in [-0.3, -0.25) is 9.59 Å².